The number of sulfonamides is 1. The fourth-order valence-electron chi connectivity index (χ4n) is 2.78. The minimum Gasteiger partial charge on any atom is -0.311 e. The third-order valence-corrected chi connectivity index (χ3v) is 5.66. The first-order chi connectivity index (χ1) is 11.4. The summed E-state index contributed by atoms with van der Waals surface area (Å²) in [6, 6.07) is 11.3. The Balaban J connectivity index is 1.79. The lowest BCUT2D eigenvalue weighted by molar-refractivity contribution is -0.118. The Morgan fingerprint density at radius 1 is 1.12 bits per heavy atom. The van der Waals surface area contributed by atoms with Gasteiger partial charge in [-0.2, -0.15) is 4.72 Å². The van der Waals surface area contributed by atoms with Crippen LogP contribution in [0, 0.1) is 12.7 Å². The van der Waals surface area contributed by atoms with Gasteiger partial charge in [0.15, 0.2) is 0 Å². The van der Waals surface area contributed by atoms with Crippen molar-refractivity contribution in [2.24, 2.45) is 0 Å². The van der Waals surface area contributed by atoms with Crippen LogP contribution < -0.4 is 9.62 Å². The number of benzene rings is 2. The molecule has 1 heterocycles. The van der Waals surface area contributed by atoms with E-state index >= 15 is 0 Å². The van der Waals surface area contributed by atoms with Crippen LogP contribution in [0.5, 0.6) is 0 Å². The van der Waals surface area contributed by atoms with E-state index in [9.17, 15) is 17.6 Å². The number of nitrogens with zero attached hydrogens (tertiary/aromatic N) is 1. The molecule has 1 fully saturated rings. The quantitative estimate of drug-likeness (QED) is 0.921. The molecule has 126 valence electrons. The van der Waals surface area contributed by atoms with E-state index in [0.717, 1.165) is 0 Å². The van der Waals surface area contributed by atoms with Crippen molar-refractivity contribution in [3.63, 3.8) is 0 Å². The Morgan fingerprint density at radius 3 is 2.46 bits per heavy atom. The maximum Gasteiger partial charge on any atom is 0.245 e. The molecule has 2 aromatic rings. The van der Waals surface area contributed by atoms with Crippen molar-refractivity contribution < 1.29 is 17.6 Å². The minimum atomic E-state index is -3.78. The van der Waals surface area contributed by atoms with Crippen molar-refractivity contribution in [1.82, 2.24) is 4.72 Å². The van der Waals surface area contributed by atoms with Gasteiger partial charge < -0.3 is 4.90 Å². The lowest BCUT2D eigenvalue weighted by Crippen LogP contribution is -2.41. The van der Waals surface area contributed by atoms with Gasteiger partial charge in [0.2, 0.25) is 15.9 Å². The Labute approximate surface area is 140 Å². The zero-order valence-electron chi connectivity index (χ0n) is 13.1. The summed E-state index contributed by atoms with van der Waals surface area (Å²) in [5, 5.41) is 0. The standard InChI is InChI=1S/C17H17FN2O3S/c1-12-4-2-3-5-16(12)24(22,23)19-15-10-11-20(17(15)21)14-8-6-13(18)7-9-14/h2-9,15,19H,10-11H2,1H3. The maximum absolute atomic E-state index is 13.0. The van der Waals surface area contributed by atoms with Crippen molar-refractivity contribution in [3.05, 3.63) is 59.9 Å². The molecule has 0 aliphatic carbocycles. The molecule has 5 nitrogen and oxygen atoms in total. The lowest BCUT2D eigenvalue weighted by atomic mass is 10.2. The second kappa shape index (κ2) is 6.33. The summed E-state index contributed by atoms with van der Waals surface area (Å²) in [7, 11) is -3.78. The van der Waals surface area contributed by atoms with Crippen LogP contribution in [0.2, 0.25) is 0 Å². The number of nitrogens with one attached hydrogen (secondary N) is 1. The van der Waals surface area contributed by atoms with Crippen molar-refractivity contribution in [1.29, 1.82) is 0 Å². The van der Waals surface area contributed by atoms with Gasteiger partial charge in [-0.15, -0.1) is 0 Å². The van der Waals surface area contributed by atoms with Crippen LogP contribution in [-0.4, -0.2) is 26.9 Å². The summed E-state index contributed by atoms with van der Waals surface area (Å²) in [5.74, 6) is -0.721. The van der Waals surface area contributed by atoms with Gasteiger partial charge >= 0.3 is 0 Å². The van der Waals surface area contributed by atoms with E-state index in [2.05, 4.69) is 4.72 Å². The van der Waals surface area contributed by atoms with Crippen molar-refractivity contribution in [2.45, 2.75) is 24.3 Å². The fraction of sp³-hybridized carbons (Fsp3) is 0.235. The van der Waals surface area contributed by atoms with Crippen LogP contribution in [0.15, 0.2) is 53.4 Å². The molecule has 1 saturated heterocycles. The summed E-state index contributed by atoms with van der Waals surface area (Å²) in [5.41, 5.74) is 1.17. The molecule has 1 aliphatic heterocycles. The average molecular weight is 348 g/mol. The number of anilines is 1. The van der Waals surface area contributed by atoms with E-state index in [4.69, 9.17) is 0 Å². The summed E-state index contributed by atoms with van der Waals surface area (Å²) >= 11 is 0. The predicted molar refractivity (Wildman–Crippen MR) is 88.7 cm³/mol. The summed E-state index contributed by atoms with van der Waals surface area (Å²) in [4.78, 5) is 14.1. The monoisotopic (exact) mass is 348 g/mol. The van der Waals surface area contributed by atoms with Gasteiger partial charge in [-0.1, -0.05) is 18.2 Å². The van der Waals surface area contributed by atoms with Gasteiger partial charge in [-0.25, -0.2) is 12.8 Å². The SMILES string of the molecule is Cc1ccccc1S(=O)(=O)NC1CCN(c2ccc(F)cc2)C1=O. The molecule has 1 atom stereocenters. The summed E-state index contributed by atoms with van der Waals surface area (Å²) in [6.07, 6.45) is 0.362. The Bertz CT molecular complexity index is 866. The number of amides is 1. The van der Waals surface area contributed by atoms with E-state index in [0.29, 0.717) is 24.2 Å². The predicted octanol–water partition coefficient (Wildman–Crippen LogP) is 2.22. The molecule has 0 radical (unpaired) electrons. The Morgan fingerprint density at radius 2 is 1.79 bits per heavy atom. The lowest BCUT2D eigenvalue weighted by Gasteiger charge is -2.17. The molecule has 0 bridgehead atoms. The largest absolute Gasteiger partial charge is 0.311 e. The topological polar surface area (TPSA) is 66.5 Å². The minimum absolute atomic E-state index is 0.165. The van der Waals surface area contributed by atoms with Crippen LogP contribution in [0.4, 0.5) is 10.1 Å². The molecule has 0 saturated carbocycles. The first-order valence-corrected chi connectivity index (χ1v) is 9.02. The van der Waals surface area contributed by atoms with Crippen LogP contribution >= 0.6 is 0 Å². The number of hydrogen-bond acceptors (Lipinski definition) is 3. The molecular weight excluding hydrogens is 331 g/mol. The first-order valence-electron chi connectivity index (χ1n) is 7.53. The van der Waals surface area contributed by atoms with Crippen LogP contribution in [0.1, 0.15) is 12.0 Å². The van der Waals surface area contributed by atoms with E-state index < -0.39 is 16.1 Å². The van der Waals surface area contributed by atoms with Crippen LogP contribution in [-0.2, 0) is 14.8 Å². The van der Waals surface area contributed by atoms with Crippen molar-refractivity contribution >= 4 is 21.6 Å². The number of hydrogen-bond donors (Lipinski definition) is 1. The summed E-state index contributed by atoms with van der Waals surface area (Å²) in [6.45, 7) is 2.08. The Hall–Kier alpha value is -2.25. The highest BCUT2D eigenvalue weighted by Gasteiger charge is 2.35. The maximum atomic E-state index is 13.0. The Kier molecular flexibility index (Phi) is 4.38. The molecule has 1 aliphatic rings. The molecule has 1 amide bonds. The number of aryl methyl sites for hydroxylation is 1. The van der Waals surface area contributed by atoms with Gasteiger partial charge in [-0.3, -0.25) is 4.79 Å². The third-order valence-electron chi connectivity index (χ3n) is 4.02. The molecule has 24 heavy (non-hydrogen) atoms. The zero-order chi connectivity index (χ0) is 17.3. The van der Waals surface area contributed by atoms with Crippen LogP contribution in [0.25, 0.3) is 0 Å². The number of halogens is 1. The van der Waals surface area contributed by atoms with Gasteiger partial charge in [0.1, 0.15) is 11.9 Å². The van der Waals surface area contributed by atoms with Gasteiger partial charge in [0, 0.05) is 12.2 Å². The van der Waals surface area contributed by atoms with Crippen LogP contribution in [0.3, 0.4) is 0 Å². The number of carbonyl (C=O) groups is 1. The van der Waals surface area contributed by atoms with E-state index in [1.54, 1.807) is 25.1 Å². The molecule has 1 unspecified atom stereocenters. The van der Waals surface area contributed by atoms with Gasteiger partial charge in [-0.05, 0) is 49.2 Å². The highest BCUT2D eigenvalue weighted by Crippen LogP contribution is 2.23. The highest BCUT2D eigenvalue weighted by molar-refractivity contribution is 7.89. The molecule has 0 aromatic heterocycles. The average Bonchev–Trinajstić information content (AvgIpc) is 2.89. The third kappa shape index (κ3) is 3.18. The van der Waals surface area contributed by atoms with E-state index in [1.807, 2.05) is 0 Å². The molecular formula is C17H17FN2O3S. The molecule has 2 aromatic carbocycles. The second-order valence-electron chi connectivity index (χ2n) is 5.69. The molecule has 0 spiro atoms. The van der Waals surface area contributed by atoms with E-state index in [1.165, 1.54) is 35.2 Å². The molecule has 3 rings (SSSR count). The fourth-order valence-corrected chi connectivity index (χ4v) is 4.25. The van der Waals surface area contributed by atoms with Gasteiger partial charge in [0.25, 0.3) is 0 Å². The van der Waals surface area contributed by atoms with Crippen molar-refractivity contribution in [2.75, 3.05) is 11.4 Å². The van der Waals surface area contributed by atoms with E-state index in [-0.39, 0.29) is 16.6 Å². The molecule has 7 heteroatoms. The zero-order valence-corrected chi connectivity index (χ0v) is 13.9. The highest BCUT2D eigenvalue weighted by atomic mass is 32.2. The first kappa shape index (κ1) is 16.6. The van der Waals surface area contributed by atoms with Crippen molar-refractivity contribution in [3.8, 4) is 0 Å². The number of carbonyl (C=O) groups excluding carboxylic acids is 1. The molecule has 1 N–H and O–H groups in total. The number of rotatable bonds is 4. The normalized spacial score (nSPS) is 18.2. The second-order valence-corrected chi connectivity index (χ2v) is 7.38. The van der Waals surface area contributed by atoms with Gasteiger partial charge in [0.05, 0.1) is 4.90 Å². The smallest absolute Gasteiger partial charge is 0.245 e. The summed E-state index contributed by atoms with van der Waals surface area (Å²) < 4.78 is 40.5.